The highest BCUT2D eigenvalue weighted by Gasteiger charge is 2.12. The maximum Gasteiger partial charge on any atom is 0.264 e. The molecule has 22 heavy (non-hydrogen) atoms. The molecule has 0 aromatic carbocycles. The van der Waals surface area contributed by atoms with Gasteiger partial charge in [-0.2, -0.15) is 5.10 Å². The molecule has 8 nitrogen and oxygen atoms in total. The van der Waals surface area contributed by atoms with Crippen LogP contribution in [0.1, 0.15) is 0 Å². The van der Waals surface area contributed by atoms with Gasteiger partial charge in [-0.3, -0.25) is 14.6 Å². The zero-order valence-electron chi connectivity index (χ0n) is 11.5. The molecule has 9 heteroatoms. The normalized spacial score (nSPS) is 10.8. The van der Waals surface area contributed by atoms with E-state index in [1.54, 1.807) is 13.1 Å². The van der Waals surface area contributed by atoms with Gasteiger partial charge in [0.2, 0.25) is 5.91 Å². The lowest BCUT2D eigenvalue weighted by atomic mass is 10.4. The topological polar surface area (TPSA) is 94.7 Å². The van der Waals surface area contributed by atoms with E-state index in [0.717, 1.165) is 0 Å². The quantitative estimate of drug-likeness (QED) is 0.771. The monoisotopic (exact) mass is 318 g/mol. The summed E-state index contributed by atoms with van der Waals surface area (Å²) in [5, 5.41) is 7.39. The third kappa shape index (κ3) is 2.56. The minimum atomic E-state index is -0.333. The number of carbonyl (C=O) groups excluding carboxylic acids is 1. The largest absolute Gasteiger partial charge is 0.323 e. The van der Waals surface area contributed by atoms with Gasteiger partial charge in [0.05, 0.1) is 23.2 Å². The molecule has 3 heterocycles. The van der Waals surface area contributed by atoms with Gasteiger partial charge in [-0.15, -0.1) is 0 Å². The van der Waals surface area contributed by atoms with E-state index in [2.05, 4.69) is 20.4 Å². The zero-order chi connectivity index (χ0) is 15.7. The van der Waals surface area contributed by atoms with Crippen LogP contribution in [0.3, 0.4) is 0 Å². The fourth-order valence-electron chi connectivity index (χ4n) is 1.97. The summed E-state index contributed by atoms with van der Waals surface area (Å²) >= 11 is 5.93. The number of aryl methyl sites for hydroxylation is 1. The second kappa shape index (κ2) is 5.57. The van der Waals surface area contributed by atoms with Crippen LogP contribution in [0.2, 0.25) is 5.02 Å². The molecule has 0 aliphatic carbocycles. The standard InChI is InChI=1S/C13H11ClN6O2/c1-19-7-16-12-8(13(19)22)4-17-20(12)6-11(21)18-10-2-3-15-5-9(10)14/h2-5,7H,6H2,1H3,(H,15,18,21). The Balaban J connectivity index is 1.85. The van der Waals surface area contributed by atoms with Crippen LogP contribution in [0.4, 0.5) is 5.69 Å². The number of halogens is 1. The zero-order valence-corrected chi connectivity index (χ0v) is 12.3. The van der Waals surface area contributed by atoms with Crippen LogP contribution in [-0.4, -0.2) is 30.2 Å². The lowest BCUT2D eigenvalue weighted by Gasteiger charge is -2.07. The summed E-state index contributed by atoms with van der Waals surface area (Å²) in [6.07, 6.45) is 5.75. The van der Waals surface area contributed by atoms with E-state index in [0.29, 0.717) is 21.7 Å². The fourth-order valence-corrected chi connectivity index (χ4v) is 2.13. The number of nitrogens with zero attached hydrogens (tertiary/aromatic N) is 5. The first-order valence-corrected chi connectivity index (χ1v) is 6.70. The fraction of sp³-hybridized carbons (Fsp3) is 0.154. The Bertz CT molecular complexity index is 916. The number of anilines is 1. The number of hydrogen-bond donors (Lipinski definition) is 1. The van der Waals surface area contributed by atoms with Crippen molar-refractivity contribution in [3.8, 4) is 0 Å². The average Bonchev–Trinajstić information content (AvgIpc) is 2.89. The van der Waals surface area contributed by atoms with Crippen LogP contribution in [0, 0.1) is 0 Å². The minimum Gasteiger partial charge on any atom is -0.323 e. The van der Waals surface area contributed by atoms with Crippen LogP contribution in [-0.2, 0) is 18.4 Å². The molecule has 3 aromatic rings. The van der Waals surface area contributed by atoms with Crippen molar-refractivity contribution >= 4 is 34.2 Å². The number of fused-ring (bicyclic) bond motifs is 1. The van der Waals surface area contributed by atoms with Gasteiger partial charge >= 0.3 is 0 Å². The maximum atomic E-state index is 12.1. The van der Waals surface area contributed by atoms with Gasteiger partial charge in [0.25, 0.3) is 5.56 Å². The summed E-state index contributed by atoms with van der Waals surface area (Å²) in [7, 11) is 1.60. The minimum absolute atomic E-state index is 0.0810. The van der Waals surface area contributed by atoms with E-state index in [-0.39, 0.29) is 18.0 Å². The van der Waals surface area contributed by atoms with E-state index in [1.165, 1.54) is 34.2 Å². The molecule has 3 rings (SSSR count). The first kappa shape index (κ1) is 14.2. The van der Waals surface area contributed by atoms with Crippen molar-refractivity contribution in [1.82, 2.24) is 24.3 Å². The number of pyridine rings is 1. The molecular weight excluding hydrogens is 308 g/mol. The highest BCUT2D eigenvalue weighted by atomic mass is 35.5. The Morgan fingerprint density at radius 1 is 1.41 bits per heavy atom. The SMILES string of the molecule is Cn1cnc2c(cnn2CC(=O)Nc2ccncc2Cl)c1=O. The smallest absolute Gasteiger partial charge is 0.264 e. The molecule has 3 aromatic heterocycles. The Hall–Kier alpha value is -2.74. The summed E-state index contributed by atoms with van der Waals surface area (Å²) in [6.45, 7) is -0.0810. The van der Waals surface area contributed by atoms with Crippen molar-refractivity contribution in [1.29, 1.82) is 0 Å². The lowest BCUT2D eigenvalue weighted by molar-refractivity contribution is -0.116. The van der Waals surface area contributed by atoms with E-state index in [4.69, 9.17) is 11.6 Å². The van der Waals surface area contributed by atoms with Gasteiger partial charge < -0.3 is 9.88 Å². The molecule has 0 fully saturated rings. The molecule has 0 unspecified atom stereocenters. The molecule has 1 N–H and O–H groups in total. The summed E-state index contributed by atoms with van der Waals surface area (Å²) < 4.78 is 2.71. The molecule has 0 spiro atoms. The van der Waals surface area contributed by atoms with E-state index in [1.807, 2.05) is 0 Å². The van der Waals surface area contributed by atoms with Gasteiger partial charge in [0.15, 0.2) is 5.65 Å². The highest BCUT2D eigenvalue weighted by molar-refractivity contribution is 6.33. The molecule has 0 atom stereocenters. The van der Waals surface area contributed by atoms with Crippen LogP contribution in [0.5, 0.6) is 0 Å². The number of amides is 1. The predicted molar refractivity (Wildman–Crippen MR) is 80.6 cm³/mol. The first-order valence-electron chi connectivity index (χ1n) is 6.33. The Morgan fingerprint density at radius 3 is 3.00 bits per heavy atom. The average molecular weight is 319 g/mol. The van der Waals surface area contributed by atoms with Crippen molar-refractivity contribution in [2.24, 2.45) is 7.05 Å². The van der Waals surface area contributed by atoms with Gasteiger partial charge in [-0.1, -0.05) is 11.6 Å². The molecule has 0 saturated carbocycles. The molecule has 112 valence electrons. The second-order valence-electron chi connectivity index (χ2n) is 4.60. The molecule has 0 aliphatic heterocycles. The number of nitrogens with one attached hydrogen (secondary N) is 1. The molecular formula is C13H11ClN6O2. The summed E-state index contributed by atoms with van der Waals surface area (Å²) in [4.78, 5) is 31.9. The molecule has 0 radical (unpaired) electrons. The Morgan fingerprint density at radius 2 is 2.23 bits per heavy atom. The van der Waals surface area contributed by atoms with Crippen LogP contribution in [0.15, 0.2) is 35.8 Å². The van der Waals surface area contributed by atoms with Crippen LogP contribution >= 0.6 is 11.6 Å². The van der Waals surface area contributed by atoms with Crippen molar-refractivity contribution in [2.75, 3.05) is 5.32 Å². The summed E-state index contributed by atoms with van der Waals surface area (Å²) in [6, 6.07) is 1.59. The van der Waals surface area contributed by atoms with Gasteiger partial charge in [-0.05, 0) is 6.07 Å². The van der Waals surface area contributed by atoms with Crippen LogP contribution < -0.4 is 10.9 Å². The summed E-state index contributed by atoms with van der Waals surface area (Å²) in [5.74, 6) is -0.333. The summed E-state index contributed by atoms with van der Waals surface area (Å²) in [5.41, 5.74) is 0.606. The number of aromatic nitrogens is 5. The first-order chi connectivity index (χ1) is 10.6. The van der Waals surface area contributed by atoms with Crippen molar-refractivity contribution in [3.05, 3.63) is 46.4 Å². The molecule has 0 aliphatic rings. The number of carbonyl (C=O) groups is 1. The van der Waals surface area contributed by atoms with E-state index in [9.17, 15) is 9.59 Å². The Kier molecular flexibility index (Phi) is 3.60. The van der Waals surface area contributed by atoms with Crippen LogP contribution in [0.25, 0.3) is 11.0 Å². The third-order valence-corrected chi connectivity index (χ3v) is 3.36. The number of hydrogen-bond acceptors (Lipinski definition) is 5. The Labute approximate surface area is 129 Å². The third-order valence-electron chi connectivity index (χ3n) is 3.06. The predicted octanol–water partition coefficient (Wildman–Crippen LogP) is 0.817. The second-order valence-corrected chi connectivity index (χ2v) is 5.01. The molecule has 0 bridgehead atoms. The maximum absolute atomic E-state index is 12.1. The van der Waals surface area contributed by atoms with Gasteiger partial charge in [0, 0.05) is 19.4 Å². The van der Waals surface area contributed by atoms with Gasteiger partial charge in [0.1, 0.15) is 11.9 Å². The number of rotatable bonds is 3. The molecule has 0 saturated heterocycles. The van der Waals surface area contributed by atoms with E-state index < -0.39 is 0 Å². The molecule has 1 amide bonds. The highest BCUT2D eigenvalue weighted by Crippen LogP contribution is 2.19. The van der Waals surface area contributed by atoms with Crippen molar-refractivity contribution in [2.45, 2.75) is 6.54 Å². The van der Waals surface area contributed by atoms with Crippen molar-refractivity contribution in [3.63, 3.8) is 0 Å². The van der Waals surface area contributed by atoms with Gasteiger partial charge in [-0.25, -0.2) is 9.67 Å². The lowest BCUT2D eigenvalue weighted by Crippen LogP contribution is -2.21. The van der Waals surface area contributed by atoms with Crippen molar-refractivity contribution < 1.29 is 4.79 Å². The van der Waals surface area contributed by atoms with E-state index >= 15 is 0 Å².